The van der Waals surface area contributed by atoms with Crippen LogP contribution in [0.1, 0.15) is 15.9 Å². The third-order valence-corrected chi connectivity index (χ3v) is 3.76. The zero-order chi connectivity index (χ0) is 13.3. The van der Waals surface area contributed by atoms with Crippen molar-refractivity contribution in [3.05, 3.63) is 49.9 Å². The van der Waals surface area contributed by atoms with Gasteiger partial charge >= 0.3 is 0 Å². The van der Waals surface area contributed by atoms with Crippen molar-refractivity contribution < 1.29 is 9.18 Å². The van der Waals surface area contributed by atoms with Crippen LogP contribution in [0.3, 0.4) is 0 Å². The van der Waals surface area contributed by atoms with Gasteiger partial charge in [-0.3, -0.25) is 4.79 Å². The van der Waals surface area contributed by atoms with Gasteiger partial charge in [0.05, 0.1) is 15.6 Å². The van der Waals surface area contributed by atoms with Gasteiger partial charge in [0.15, 0.2) is 0 Å². The molecular weight excluding hydrogens is 296 g/mol. The highest BCUT2D eigenvalue weighted by atomic mass is 35.5. The molecule has 1 N–H and O–H groups in total. The van der Waals surface area contributed by atoms with Gasteiger partial charge in [-0.1, -0.05) is 29.3 Å². The van der Waals surface area contributed by atoms with E-state index >= 15 is 0 Å². The number of rotatable bonds is 2. The quantitative estimate of drug-likeness (QED) is 0.852. The van der Waals surface area contributed by atoms with Gasteiger partial charge in [-0.15, -0.1) is 11.3 Å². The lowest BCUT2D eigenvalue weighted by atomic mass is 10.2. The van der Waals surface area contributed by atoms with Crippen LogP contribution in [0.2, 0.25) is 8.67 Å². The molecular formula is C12H8Cl2FNOS. The van der Waals surface area contributed by atoms with Crippen LogP contribution in [0.25, 0.3) is 0 Å². The minimum Gasteiger partial charge on any atom is -0.319 e. The van der Waals surface area contributed by atoms with Crippen LogP contribution >= 0.6 is 34.5 Å². The first-order valence-electron chi connectivity index (χ1n) is 4.99. The Balaban J connectivity index is 2.24. The molecule has 1 aromatic carbocycles. The molecule has 0 saturated heterocycles. The predicted molar refractivity (Wildman–Crippen MR) is 73.4 cm³/mol. The first-order valence-corrected chi connectivity index (χ1v) is 6.57. The number of hydrogen-bond acceptors (Lipinski definition) is 2. The number of benzene rings is 1. The highest BCUT2D eigenvalue weighted by Gasteiger charge is 2.15. The Morgan fingerprint density at radius 2 is 2.06 bits per heavy atom. The highest BCUT2D eigenvalue weighted by Crippen LogP contribution is 2.31. The van der Waals surface area contributed by atoms with Gasteiger partial charge in [0.2, 0.25) is 0 Å². The minimum absolute atomic E-state index is 0.115. The molecule has 2 aromatic rings. The van der Waals surface area contributed by atoms with Crippen LogP contribution in [0.15, 0.2) is 24.3 Å². The molecule has 94 valence electrons. The van der Waals surface area contributed by atoms with Crippen LogP contribution in [0, 0.1) is 12.7 Å². The van der Waals surface area contributed by atoms with Crippen molar-refractivity contribution in [3.8, 4) is 0 Å². The molecule has 1 amide bonds. The summed E-state index contributed by atoms with van der Waals surface area (Å²) in [6, 6.07) is 6.01. The number of hydrogen-bond donors (Lipinski definition) is 1. The van der Waals surface area contributed by atoms with E-state index in [9.17, 15) is 9.18 Å². The third-order valence-electron chi connectivity index (χ3n) is 2.27. The average molecular weight is 304 g/mol. The summed E-state index contributed by atoms with van der Waals surface area (Å²) in [5.74, 6) is -0.966. The van der Waals surface area contributed by atoms with E-state index in [1.54, 1.807) is 13.0 Å². The second-order valence-corrected chi connectivity index (χ2v) is 5.96. The molecule has 1 aromatic heterocycles. The van der Waals surface area contributed by atoms with Gasteiger partial charge in [-0.25, -0.2) is 4.39 Å². The van der Waals surface area contributed by atoms with Gasteiger partial charge in [0, 0.05) is 0 Å². The number of carbonyl (C=O) groups excluding carboxylic acids is 1. The monoisotopic (exact) mass is 303 g/mol. The third kappa shape index (κ3) is 2.83. The molecule has 6 heteroatoms. The maximum atomic E-state index is 13.6. The average Bonchev–Trinajstić information content (AvgIpc) is 2.62. The van der Waals surface area contributed by atoms with Crippen molar-refractivity contribution in [2.75, 3.05) is 5.32 Å². The molecule has 0 aliphatic carbocycles. The van der Waals surface area contributed by atoms with E-state index in [1.807, 2.05) is 0 Å². The van der Waals surface area contributed by atoms with E-state index in [1.165, 1.54) is 18.2 Å². The zero-order valence-corrected chi connectivity index (χ0v) is 11.6. The van der Waals surface area contributed by atoms with Crippen molar-refractivity contribution >= 4 is 46.1 Å². The lowest BCUT2D eigenvalue weighted by molar-refractivity contribution is 0.102. The molecule has 0 bridgehead atoms. The summed E-state index contributed by atoms with van der Waals surface area (Å²) >= 11 is 12.7. The van der Waals surface area contributed by atoms with Crippen molar-refractivity contribution in [2.45, 2.75) is 6.92 Å². The predicted octanol–water partition coefficient (Wildman–Crippen LogP) is 4.75. The zero-order valence-electron chi connectivity index (χ0n) is 9.26. The summed E-state index contributed by atoms with van der Waals surface area (Å²) in [5.41, 5.74) is 1.14. The fourth-order valence-electron chi connectivity index (χ4n) is 1.41. The summed E-state index contributed by atoms with van der Waals surface area (Å²) in [5, 5.41) is 2.46. The summed E-state index contributed by atoms with van der Waals surface area (Å²) in [6.07, 6.45) is 0. The van der Waals surface area contributed by atoms with E-state index < -0.39 is 11.7 Å². The Kier molecular flexibility index (Phi) is 3.90. The standard InChI is InChI=1S/C12H8Cl2FNOS/c1-6-2-3-9(8(15)4-6)16-12(17)7-5-10(13)18-11(7)14/h2-5H,1H3,(H,16,17). The molecule has 0 spiro atoms. The van der Waals surface area contributed by atoms with Crippen LogP contribution < -0.4 is 5.32 Å². The van der Waals surface area contributed by atoms with Gasteiger partial charge in [-0.2, -0.15) is 0 Å². The fourth-order valence-corrected chi connectivity index (χ4v) is 2.86. The summed E-state index contributed by atoms with van der Waals surface area (Å²) in [7, 11) is 0. The maximum absolute atomic E-state index is 13.6. The van der Waals surface area contributed by atoms with Gasteiger partial charge < -0.3 is 5.32 Å². The smallest absolute Gasteiger partial charge is 0.258 e. The molecule has 0 radical (unpaired) electrons. The number of nitrogens with one attached hydrogen (secondary N) is 1. The lowest BCUT2D eigenvalue weighted by Crippen LogP contribution is -2.12. The van der Waals surface area contributed by atoms with Crippen molar-refractivity contribution in [3.63, 3.8) is 0 Å². The number of aryl methyl sites for hydroxylation is 1. The van der Waals surface area contributed by atoms with E-state index in [2.05, 4.69) is 5.32 Å². The Labute approximate surface area is 117 Å². The van der Waals surface area contributed by atoms with Crippen LogP contribution in [-0.4, -0.2) is 5.91 Å². The largest absolute Gasteiger partial charge is 0.319 e. The van der Waals surface area contributed by atoms with Crippen LogP contribution in [0.5, 0.6) is 0 Å². The second kappa shape index (κ2) is 5.26. The molecule has 0 saturated carbocycles. The van der Waals surface area contributed by atoms with Crippen LogP contribution in [0.4, 0.5) is 10.1 Å². The SMILES string of the molecule is Cc1ccc(NC(=O)c2cc(Cl)sc2Cl)c(F)c1. The molecule has 0 aliphatic rings. The summed E-state index contributed by atoms with van der Waals surface area (Å²) in [4.78, 5) is 11.9. The molecule has 2 nitrogen and oxygen atoms in total. The molecule has 0 fully saturated rings. The Hall–Kier alpha value is -1.10. The Morgan fingerprint density at radius 3 is 2.61 bits per heavy atom. The molecule has 18 heavy (non-hydrogen) atoms. The molecule has 0 aliphatic heterocycles. The van der Waals surface area contributed by atoms with Crippen molar-refractivity contribution in [1.29, 1.82) is 0 Å². The molecule has 2 rings (SSSR count). The van der Waals surface area contributed by atoms with Crippen molar-refractivity contribution in [2.24, 2.45) is 0 Å². The molecule has 1 heterocycles. The number of thiophene rings is 1. The van der Waals surface area contributed by atoms with Crippen molar-refractivity contribution in [1.82, 2.24) is 0 Å². The number of halogens is 3. The summed E-state index contributed by atoms with van der Waals surface area (Å²) in [6.45, 7) is 1.77. The number of amides is 1. The maximum Gasteiger partial charge on any atom is 0.258 e. The van der Waals surface area contributed by atoms with Gasteiger partial charge in [0.25, 0.3) is 5.91 Å². The number of anilines is 1. The van der Waals surface area contributed by atoms with Gasteiger partial charge in [-0.05, 0) is 30.7 Å². The molecule has 0 unspecified atom stereocenters. The molecule has 0 atom stereocenters. The highest BCUT2D eigenvalue weighted by molar-refractivity contribution is 7.20. The van der Waals surface area contributed by atoms with E-state index in [-0.39, 0.29) is 15.6 Å². The second-order valence-electron chi connectivity index (χ2n) is 3.68. The van der Waals surface area contributed by atoms with Gasteiger partial charge in [0.1, 0.15) is 10.2 Å². The minimum atomic E-state index is -0.485. The Bertz CT molecular complexity index is 612. The van der Waals surface area contributed by atoms with E-state index in [0.29, 0.717) is 4.34 Å². The van der Waals surface area contributed by atoms with Crippen LogP contribution in [-0.2, 0) is 0 Å². The van der Waals surface area contributed by atoms with E-state index in [0.717, 1.165) is 16.9 Å². The topological polar surface area (TPSA) is 29.1 Å². The summed E-state index contributed by atoms with van der Waals surface area (Å²) < 4.78 is 14.3. The fraction of sp³-hybridized carbons (Fsp3) is 0.0833. The normalized spacial score (nSPS) is 10.4. The van der Waals surface area contributed by atoms with E-state index in [4.69, 9.17) is 23.2 Å². The number of carbonyl (C=O) groups is 1. The lowest BCUT2D eigenvalue weighted by Gasteiger charge is -2.06. The first kappa shape index (κ1) is 13.3. The first-order chi connectivity index (χ1) is 8.47. The Morgan fingerprint density at radius 1 is 1.33 bits per heavy atom.